The summed E-state index contributed by atoms with van der Waals surface area (Å²) in [5.41, 5.74) is 1.40. The third-order valence-electron chi connectivity index (χ3n) is 4.71. The third-order valence-corrected chi connectivity index (χ3v) is 4.71. The molecule has 1 aliphatic carbocycles. The zero-order valence-electron chi connectivity index (χ0n) is 13.3. The summed E-state index contributed by atoms with van der Waals surface area (Å²) in [7, 11) is 2.01. The standard InChI is InChI=1S/C17H31N3/c1-3-11-18-13-17-8-6-4-5-7-16(17)10-9-15-12-19-20(2)14-15/h12,14,16-18H,3-11,13H2,1-2H3. The number of aromatic nitrogens is 2. The van der Waals surface area contributed by atoms with Crippen LogP contribution in [0.1, 0.15) is 57.4 Å². The predicted molar refractivity (Wildman–Crippen MR) is 84.8 cm³/mol. The van der Waals surface area contributed by atoms with Crippen LogP contribution in [0.5, 0.6) is 0 Å². The number of nitrogens with zero attached hydrogens (tertiary/aromatic N) is 2. The zero-order valence-corrected chi connectivity index (χ0v) is 13.3. The Balaban J connectivity index is 1.83. The van der Waals surface area contributed by atoms with Gasteiger partial charge in [0.15, 0.2) is 0 Å². The van der Waals surface area contributed by atoms with Gasteiger partial charge in [-0.2, -0.15) is 5.10 Å². The average molecular weight is 277 g/mol. The van der Waals surface area contributed by atoms with Crippen LogP contribution < -0.4 is 5.32 Å². The summed E-state index contributed by atoms with van der Waals surface area (Å²) in [5.74, 6) is 1.79. The number of hydrogen-bond acceptors (Lipinski definition) is 2. The Kier molecular flexibility index (Phi) is 6.58. The second kappa shape index (κ2) is 8.46. The van der Waals surface area contributed by atoms with Gasteiger partial charge in [-0.3, -0.25) is 4.68 Å². The lowest BCUT2D eigenvalue weighted by Crippen LogP contribution is -2.28. The maximum Gasteiger partial charge on any atom is 0.0521 e. The molecule has 0 saturated heterocycles. The van der Waals surface area contributed by atoms with E-state index >= 15 is 0 Å². The summed E-state index contributed by atoms with van der Waals surface area (Å²) in [6.45, 7) is 4.65. The van der Waals surface area contributed by atoms with Gasteiger partial charge in [0.25, 0.3) is 0 Å². The fourth-order valence-electron chi connectivity index (χ4n) is 3.53. The van der Waals surface area contributed by atoms with Gasteiger partial charge in [0.1, 0.15) is 0 Å². The molecule has 1 N–H and O–H groups in total. The first-order chi connectivity index (χ1) is 9.79. The lowest BCUT2D eigenvalue weighted by molar-refractivity contribution is 0.284. The fourth-order valence-corrected chi connectivity index (χ4v) is 3.53. The van der Waals surface area contributed by atoms with Crippen molar-refractivity contribution in [3.05, 3.63) is 18.0 Å². The minimum Gasteiger partial charge on any atom is -0.316 e. The quantitative estimate of drug-likeness (QED) is 0.610. The summed E-state index contributed by atoms with van der Waals surface area (Å²) in [6.07, 6.45) is 15.1. The Morgan fingerprint density at radius 1 is 1.25 bits per heavy atom. The molecule has 1 aromatic rings. The van der Waals surface area contributed by atoms with E-state index in [2.05, 4.69) is 23.5 Å². The average Bonchev–Trinajstić information content (AvgIpc) is 2.72. The van der Waals surface area contributed by atoms with E-state index in [-0.39, 0.29) is 0 Å². The van der Waals surface area contributed by atoms with Gasteiger partial charge in [-0.15, -0.1) is 0 Å². The van der Waals surface area contributed by atoms with Crippen LogP contribution in [0.25, 0.3) is 0 Å². The molecule has 1 heterocycles. The first-order valence-electron chi connectivity index (χ1n) is 8.48. The molecule has 20 heavy (non-hydrogen) atoms. The SMILES string of the molecule is CCCNCC1CCCCCC1CCc1cnn(C)c1. The van der Waals surface area contributed by atoms with Crippen LogP contribution >= 0.6 is 0 Å². The Morgan fingerprint density at radius 3 is 2.75 bits per heavy atom. The van der Waals surface area contributed by atoms with Gasteiger partial charge in [-0.25, -0.2) is 0 Å². The van der Waals surface area contributed by atoms with Crippen molar-refractivity contribution >= 4 is 0 Å². The zero-order chi connectivity index (χ0) is 14.2. The molecule has 3 nitrogen and oxygen atoms in total. The van der Waals surface area contributed by atoms with Gasteiger partial charge in [-0.1, -0.05) is 32.6 Å². The first-order valence-corrected chi connectivity index (χ1v) is 8.48. The van der Waals surface area contributed by atoms with Crippen molar-refractivity contribution < 1.29 is 0 Å². The molecule has 1 saturated carbocycles. The fraction of sp³-hybridized carbons (Fsp3) is 0.824. The van der Waals surface area contributed by atoms with Crippen molar-refractivity contribution in [2.45, 2.75) is 58.3 Å². The molecule has 1 aromatic heterocycles. The van der Waals surface area contributed by atoms with Crippen LogP contribution in [0, 0.1) is 11.8 Å². The monoisotopic (exact) mass is 277 g/mol. The van der Waals surface area contributed by atoms with Crippen LogP contribution in [-0.4, -0.2) is 22.9 Å². The highest BCUT2D eigenvalue weighted by atomic mass is 15.2. The Morgan fingerprint density at radius 2 is 2.05 bits per heavy atom. The summed E-state index contributed by atoms with van der Waals surface area (Å²) < 4.78 is 1.92. The normalized spacial score (nSPS) is 23.7. The van der Waals surface area contributed by atoms with E-state index in [1.807, 2.05) is 17.9 Å². The van der Waals surface area contributed by atoms with Gasteiger partial charge >= 0.3 is 0 Å². The lowest BCUT2D eigenvalue weighted by atomic mass is 9.83. The highest BCUT2D eigenvalue weighted by Crippen LogP contribution is 2.31. The maximum atomic E-state index is 4.28. The number of aryl methyl sites for hydroxylation is 2. The van der Waals surface area contributed by atoms with E-state index in [4.69, 9.17) is 0 Å². The van der Waals surface area contributed by atoms with Gasteiger partial charge in [0.05, 0.1) is 6.20 Å². The van der Waals surface area contributed by atoms with Crippen molar-refractivity contribution in [1.82, 2.24) is 15.1 Å². The van der Waals surface area contributed by atoms with E-state index in [1.54, 1.807) is 0 Å². The molecule has 0 aliphatic heterocycles. The second-order valence-corrected chi connectivity index (χ2v) is 6.42. The van der Waals surface area contributed by atoms with E-state index in [1.165, 1.54) is 70.0 Å². The Labute approximate surface area is 124 Å². The molecule has 0 bridgehead atoms. The molecule has 2 atom stereocenters. The molecule has 114 valence electrons. The van der Waals surface area contributed by atoms with Crippen molar-refractivity contribution in [3.63, 3.8) is 0 Å². The molecule has 2 rings (SSSR count). The minimum absolute atomic E-state index is 0.890. The maximum absolute atomic E-state index is 4.28. The largest absolute Gasteiger partial charge is 0.316 e. The molecular weight excluding hydrogens is 246 g/mol. The van der Waals surface area contributed by atoms with Crippen LogP contribution in [0.4, 0.5) is 0 Å². The van der Waals surface area contributed by atoms with Gasteiger partial charge in [0, 0.05) is 13.2 Å². The van der Waals surface area contributed by atoms with Gasteiger partial charge in [-0.05, 0) is 56.2 Å². The highest BCUT2D eigenvalue weighted by molar-refractivity contribution is 5.03. The summed E-state index contributed by atoms with van der Waals surface area (Å²) in [5, 5.41) is 7.93. The topological polar surface area (TPSA) is 29.9 Å². The van der Waals surface area contributed by atoms with Crippen molar-refractivity contribution in [2.24, 2.45) is 18.9 Å². The Hall–Kier alpha value is -0.830. The van der Waals surface area contributed by atoms with E-state index in [0.717, 1.165) is 11.8 Å². The predicted octanol–water partition coefficient (Wildman–Crippen LogP) is 3.55. The van der Waals surface area contributed by atoms with Crippen LogP contribution in [-0.2, 0) is 13.5 Å². The molecule has 1 fully saturated rings. The van der Waals surface area contributed by atoms with Crippen LogP contribution in [0.15, 0.2) is 12.4 Å². The van der Waals surface area contributed by atoms with E-state index in [0.29, 0.717) is 0 Å². The molecule has 1 aliphatic rings. The minimum atomic E-state index is 0.890. The molecule has 0 radical (unpaired) electrons. The molecule has 2 unspecified atom stereocenters. The molecule has 0 spiro atoms. The summed E-state index contributed by atoms with van der Waals surface area (Å²) in [6, 6.07) is 0. The van der Waals surface area contributed by atoms with Crippen molar-refractivity contribution in [1.29, 1.82) is 0 Å². The van der Waals surface area contributed by atoms with E-state index in [9.17, 15) is 0 Å². The van der Waals surface area contributed by atoms with E-state index < -0.39 is 0 Å². The number of rotatable bonds is 7. The van der Waals surface area contributed by atoms with Crippen molar-refractivity contribution in [2.75, 3.05) is 13.1 Å². The molecular formula is C17H31N3. The molecule has 0 amide bonds. The second-order valence-electron chi connectivity index (χ2n) is 6.42. The number of hydrogen-bond donors (Lipinski definition) is 1. The van der Waals surface area contributed by atoms with Gasteiger partial charge < -0.3 is 5.32 Å². The van der Waals surface area contributed by atoms with Crippen molar-refractivity contribution in [3.8, 4) is 0 Å². The highest BCUT2D eigenvalue weighted by Gasteiger charge is 2.23. The number of nitrogens with one attached hydrogen (secondary N) is 1. The molecule has 3 heteroatoms. The summed E-state index contributed by atoms with van der Waals surface area (Å²) >= 11 is 0. The lowest BCUT2D eigenvalue weighted by Gasteiger charge is -2.25. The summed E-state index contributed by atoms with van der Waals surface area (Å²) in [4.78, 5) is 0. The van der Waals surface area contributed by atoms with Crippen LogP contribution in [0.2, 0.25) is 0 Å². The Bertz CT molecular complexity index is 372. The van der Waals surface area contributed by atoms with Crippen LogP contribution in [0.3, 0.4) is 0 Å². The first kappa shape index (κ1) is 15.6. The molecule has 0 aromatic carbocycles. The smallest absolute Gasteiger partial charge is 0.0521 e. The third kappa shape index (κ3) is 4.93. The van der Waals surface area contributed by atoms with Gasteiger partial charge in [0.2, 0.25) is 0 Å².